The van der Waals surface area contributed by atoms with Gasteiger partial charge in [0.15, 0.2) is 0 Å². The highest BCUT2D eigenvalue weighted by Crippen LogP contribution is 2.05. The van der Waals surface area contributed by atoms with Gasteiger partial charge in [-0.3, -0.25) is 0 Å². The van der Waals surface area contributed by atoms with Crippen molar-refractivity contribution in [1.82, 2.24) is 9.97 Å². The van der Waals surface area contributed by atoms with Crippen molar-refractivity contribution in [2.75, 3.05) is 31.3 Å². The molecule has 72 valence electrons. The number of anilines is 2. The van der Waals surface area contributed by atoms with Gasteiger partial charge in [-0.2, -0.15) is 4.98 Å². The third kappa shape index (κ3) is 3.25. The molecule has 3 N–H and O–H groups in total. The molecule has 0 atom stereocenters. The number of rotatable bonds is 4. The van der Waals surface area contributed by atoms with Crippen molar-refractivity contribution in [3.05, 3.63) is 11.8 Å². The largest absolute Gasteiger partial charge is 0.383 e. The molecular formula is C8H14N4O. The van der Waals surface area contributed by atoms with Crippen molar-refractivity contribution < 1.29 is 4.74 Å². The van der Waals surface area contributed by atoms with Crippen LogP contribution in [0.3, 0.4) is 0 Å². The SMILES string of the molecule is COCCNc1cc(C)nc(N)n1. The quantitative estimate of drug-likeness (QED) is 0.660. The number of nitrogens with two attached hydrogens (primary N) is 1. The van der Waals surface area contributed by atoms with Gasteiger partial charge in [-0.15, -0.1) is 0 Å². The van der Waals surface area contributed by atoms with E-state index in [1.54, 1.807) is 7.11 Å². The molecule has 1 aromatic heterocycles. The Morgan fingerprint density at radius 3 is 2.92 bits per heavy atom. The molecule has 0 aliphatic carbocycles. The van der Waals surface area contributed by atoms with Crippen LogP contribution < -0.4 is 11.1 Å². The first-order valence-corrected chi connectivity index (χ1v) is 4.06. The lowest BCUT2D eigenvalue weighted by atomic mass is 10.4. The minimum absolute atomic E-state index is 0.292. The molecule has 0 radical (unpaired) electrons. The van der Waals surface area contributed by atoms with Gasteiger partial charge in [0.05, 0.1) is 6.61 Å². The molecule has 5 nitrogen and oxygen atoms in total. The fraction of sp³-hybridized carbons (Fsp3) is 0.500. The maximum absolute atomic E-state index is 5.47. The Morgan fingerprint density at radius 2 is 2.31 bits per heavy atom. The fourth-order valence-electron chi connectivity index (χ4n) is 0.963. The normalized spacial score (nSPS) is 10.0. The van der Waals surface area contributed by atoms with Crippen LogP contribution in [-0.4, -0.2) is 30.2 Å². The molecule has 0 aliphatic heterocycles. The monoisotopic (exact) mass is 182 g/mol. The summed E-state index contributed by atoms with van der Waals surface area (Å²) in [6.45, 7) is 3.23. The van der Waals surface area contributed by atoms with Gasteiger partial charge in [-0.25, -0.2) is 4.98 Å². The molecule has 0 saturated carbocycles. The Kier molecular flexibility index (Phi) is 3.45. The molecule has 0 amide bonds. The molecular weight excluding hydrogens is 168 g/mol. The molecule has 1 heterocycles. The van der Waals surface area contributed by atoms with Crippen LogP contribution in [0, 0.1) is 6.92 Å². The highest BCUT2D eigenvalue weighted by atomic mass is 16.5. The standard InChI is InChI=1S/C8H14N4O/c1-6-5-7(10-3-4-13-2)12-8(9)11-6/h5H,3-4H2,1-2H3,(H3,9,10,11,12). The van der Waals surface area contributed by atoms with Crippen molar-refractivity contribution in [3.63, 3.8) is 0 Å². The Hall–Kier alpha value is -1.36. The van der Waals surface area contributed by atoms with Crippen molar-refractivity contribution >= 4 is 11.8 Å². The number of methoxy groups -OCH3 is 1. The molecule has 0 aliphatic rings. The van der Waals surface area contributed by atoms with Gasteiger partial charge in [-0.05, 0) is 6.92 Å². The second kappa shape index (κ2) is 4.61. The van der Waals surface area contributed by atoms with E-state index in [2.05, 4.69) is 15.3 Å². The predicted octanol–water partition coefficient (Wildman–Crippen LogP) is 0.426. The summed E-state index contributed by atoms with van der Waals surface area (Å²) < 4.78 is 4.89. The van der Waals surface area contributed by atoms with E-state index >= 15 is 0 Å². The predicted molar refractivity (Wildman–Crippen MR) is 51.5 cm³/mol. The lowest BCUT2D eigenvalue weighted by Crippen LogP contribution is -2.10. The second-order valence-corrected chi connectivity index (χ2v) is 2.67. The third-order valence-electron chi connectivity index (χ3n) is 1.48. The Labute approximate surface area is 77.3 Å². The summed E-state index contributed by atoms with van der Waals surface area (Å²) in [5.41, 5.74) is 6.32. The first-order valence-electron chi connectivity index (χ1n) is 4.06. The minimum Gasteiger partial charge on any atom is -0.383 e. The summed E-state index contributed by atoms with van der Waals surface area (Å²) in [6.07, 6.45) is 0. The van der Waals surface area contributed by atoms with E-state index in [1.807, 2.05) is 13.0 Å². The van der Waals surface area contributed by atoms with E-state index in [4.69, 9.17) is 10.5 Å². The maximum atomic E-state index is 5.47. The lowest BCUT2D eigenvalue weighted by Gasteiger charge is -2.05. The summed E-state index contributed by atoms with van der Waals surface area (Å²) >= 11 is 0. The van der Waals surface area contributed by atoms with Crippen LogP contribution in [-0.2, 0) is 4.74 Å². The van der Waals surface area contributed by atoms with Crippen LogP contribution in [0.4, 0.5) is 11.8 Å². The van der Waals surface area contributed by atoms with E-state index in [0.717, 1.165) is 11.5 Å². The summed E-state index contributed by atoms with van der Waals surface area (Å²) in [7, 11) is 1.65. The molecule has 1 aromatic rings. The number of nitrogen functional groups attached to an aromatic ring is 1. The average Bonchev–Trinajstić information content (AvgIpc) is 2.03. The molecule has 0 fully saturated rings. The van der Waals surface area contributed by atoms with Crippen LogP contribution in [0.1, 0.15) is 5.69 Å². The van der Waals surface area contributed by atoms with Gasteiger partial charge >= 0.3 is 0 Å². The van der Waals surface area contributed by atoms with Gasteiger partial charge < -0.3 is 15.8 Å². The summed E-state index contributed by atoms with van der Waals surface area (Å²) in [4.78, 5) is 7.96. The maximum Gasteiger partial charge on any atom is 0.222 e. The molecule has 0 spiro atoms. The average molecular weight is 182 g/mol. The van der Waals surface area contributed by atoms with E-state index in [0.29, 0.717) is 19.1 Å². The Morgan fingerprint density at radius 1 is 1.54 bits per heavy atom. The smallest absolute Gasteiger partial charge is 0.222 e. The number of nitrogens with zero attached hydrogens (tertiary/aromatic N) is 2. The third-order valence-corrected chi connectivity index (χ3v) is 1.48. The van der Waals surface area contributed by atoms with Crippen LogP contribution in [0.15, 0.2) is 6.07 Å². The highest BCUT2D eigenvalue weighted by molar-refractivity contribution is 5.39. The second-order valence-electron chi connectivity index (χ2n) is 2.67. The topological polar surface area (TPSA) is 73.1 Å². The van der Waals surface area contributed by atoms with E-state index in [-0.39, 0.29) is 0 Å². The van der Waals surface area contributed by atoms with Gasteiger partial charge in [0.25, 0.3) is 0 Å². The Bertz CT molecular complexity index is 257. The number of hydrogen-bond donors (Lipinski definition) is 2. The molecule has 0 saturated heterocycles. The number of aryl methyl sites for hydroxylation is 1. The molecule has 5 heteroatoms. The zero-order valence-corrected chi connectivity index (χ0v) is 7.87. The van der Waals surface area contributed by atoms with E-state index in [1.165, 1.54) is 0 Å². The van der Waals surface area contributed by atoms with Crippen LogP contribution >= 0.6 is 0 Å². The number of ether oxygens (including phenoxy) is 1. The summed E-state index contributed by atoms with van der Waals surface area (Å²) in [5, 5.41) is 3.07. The molecule has 0 aromatic carbocycles. The van der Waals surface area contributed by atoms with Crippen LogP contribution in [0.2, 0.25) is 0 Å². The first-order chi connectivity index (χ1) is 6.22. The Balaban J connectivity index is 2.56. The van der Waals surface area contributed by atoms with Gasteiger partial charge in [-0.1, -0.05) is 0 Å². The zero-order valence-electron chi connectivity index (χ0n) is 7.87. The van der Waals surface area contributed by atoms with Crippen LogP contribution in [0.25, 0.3) is 0 Å². The zero-order chi connectivity index (χ0) is 9.68. The van der Waals surface area contributed by atoms with Crippen LogP contribution in [0.5, 0.6) is 0 Å². The van der Waals surface area contributed by atoms with Crippen molar-refractivity contribution in [2.24, 2.45) is 0 Å². The minimum atomic E-state index is 0.292. The lowest BCUT2D eigenvalue weighted by molar-refractivity contribution is 0.210. The van der Waals surface area contributed by atoms with Crippen molar-refractivity contribution in [3.8, 4) is 0 Å². The number of aromatic nitrogens is 2. The molecule has 0 unspecified atom stereocenters. The van der Waals surface area contributed by atoms with Gasteiger partial charge in [0.2, 0.25) is 5.95 Å². The summed E-state index contributed by atoms with van der Waals surface area (Å²) in [6, 6.07) is 1.84. The fourth-order valence-corrected chi connectivity index (χ4v) is 0.963. The number of hydrogen-bond acceptors (Lipinski definition) is 5. The van der Waals surface area contributed by atoms with E-state index < -0.39 is 0 Å². The van der Waals surface area contributed by atoms with Gasteiger partial charge in [0.1, 0.15) is 5.82 Å². The highest BCUT2D eigenvalue weighted by Gasteiger charge is 1.97. The molecule has 13 heavy (non-hydrogen) atoms. The molecule has 0 bridgehead atoms. The molecule has 1 rings (SSSR count). The van der Waals surface area contributed by atoms with E-state index in [9.17, 15) is 0 Å². The first kappa shape index (κ1) is 9.73. The van der Waals surface area contributed by atoms with Gasteiger partial charge in [0, 0.05) is 25.4 Å². The van der Waals surface area contributed by atoms with Crippen molar-refractivity contribution in [2.45, 2.75) is 6.92 Å². The number of nitrogens with one attached hydrogen (secondary N) is 1. The van der Waals surface area contributed by atoms with Crippen molar-refractivity contribution in [1.29, 1.82) is 0 Å². The summed E-state index contributed by atoms with van der Waals surface area (Å²) in [5.74, 6) is 1.03.